The average molecular weight is 278 g/mol. The van der Waals surface area contributed by atoms with Crippen LogP contribution in [0.2, 0.25) is 0 Å². The van der Waals surface area contributed by atoms with Crippen molar-refractivity contribution < 1.29 is 14.7 Å². The fourth-order valence-corrected chi connectivity index (χ4v) is 1.86. The monoisotopic (exact) mass is 278 g/mol. The molecule has 0 bridgehead atoms. The number of carbonyl (C=O) groups is 2. The van der Waals surface area contributed by atoms with Gasteiger partial charge in [-0.3, -0.25) is 14.5 Å². The number of nitrogens with one attached hydrogen (secondary N) is 1. The largest absolute Gasteiger partial charge is 0.481 e. The van der Waals surface area contributed by atoms with E-state index in [0.717, 1.165) is 12.1 Å². The highest BCUT2D eigenvalue weighted by atomic mass is 16.4. The van der Waals surface area contributed by atoms with Crippen LogP contribution in [0.4, 0.5) is 5.69 Å². The van der Waals surface area contributed by atoms with Crippen molar-refractivity contribution in [3.63, 3.8) is 0 Å². The van der Waals surface area contributed by atoms with Crippen LogP contribution in [0.25, 0.3) is 0 Å². The maximum atomic E-state index is 12.0. The van der Waals surface area contributed by atoms with Crippen molar-refractivity contribution in [2.75, 3.05) is 18.4 Å². The molecule has 0 saturated heterocycles. The molecule has 0 spiro atoms. The maximum Gasteiger partial charge on any atom is 0.304 e. The lowest BCUT2D eigenvalue weighted by atomic mass is 10.2. The minimum absolute atomic E-state index is 0.0446. The molecule has 1 amide bonds. The molecule has 5 heteroatoms. The van der Waals surface area contributed by atoms with E-state index in [-0.39, 0.29) is 24.9 Å². The quantitative estimate of drug-likeness (QED) is 0.765. The van der Waals surface area contributed by atoms with Crippen molar-refractivity contribution in [1.82, 2.24) is 4.90 Å². The second kappa shape index (κ2) is 8.32. The van der Waals surface area contributed by atoms with Crippen molar-refractivity contribution >= 4 is 17.6 Å². The fraction of sp³-hybridized carbons (Fsp3) is 0.467. The summed E-state index contributed by atoms with van der Waals surface area (Å²) in [7, 11) is 0. The molecular formula is C15H22N2O3. The van der Waals surface area contributed by atoms with E-state index < -0.39 is 5.97 Å². The van der Waals surface area contributed by atoms with Crippen LogP contribution < -0.4 is 5.32 Å². The van der Waals surface area contributed by atoms with E-state index >= 15 is 0 Å². The number of benzene rings is 1. The standard InChI is InChI=1S/C15H22N2O3/c1-3-12(2)17(10-9-15(19)20)11-14(18)16-13-7-5-4-6-8-13/h4-8,12H,3,9-11H2,1-2H3,(H,16,18)(H,19,20). The van der Waals surface area contributed by atoms with Gasteiger partial charge >= 0.3 is 5.97 Å². The number of aliphatic carboxylic acids is 1. The highest BCUT2D eigenvalue weighted by Gasteiger charge is 2.17. The molecule has 0 fully saturated rings. The first-order valence-corrected chi connectivity index (χ1v) is 6.83. The summed E-state index contributed by atoms with van der Waals surface area (Å²) in [6.07, 6.45) is 0.918. The van der Waals surface area contributed by atoms with E-state index in [0.29, 0.717) is 6.54 Å². The molecule has 1 rings (SSSR count). The van der Waals surface area contributed by atoms with Crippen LogP contribution >= 0.6 is 0 Å². The summed E-state index contributed by atoms with van der Waals surface area (Å²) in [4.78, 5) is 24.5. The normalized spacial score (nSPS) is 12.2. The summed E-state index contributed by atoms with van der Waals surface area (Å²) >= 11 is 0. The Kier molecular flexibility index (Phi) is 6.73. The number of para-hydroxylation sites is 1. The molecule has 0 saturated carbocycles. The zero-order valence-electron chi connectivity index (χ0n) is 12.0. The van der Waals surface area contributed by atoms with Gasteiger partial charge in [-0.2, -0.15) is 0 Å². The van der Waals surface area contributed by atoms with Crippen molar-refractivity contribution in [2.24, 2.45) is 0 Å². The van der Waals surface area contributed by atoms with Gasteiger partial charge in [0, 0.05) is 18.3 Å². The fourth-order valence-electron chi connectivity index (χ4n) is 1.86. The van der Waals surface area contributed by atoms with Gasteiger partial charge in [0.15, 0.2) is 0 Å². The Morgan fingerprint density at radius 2 is 1.95 bits per heavy atom. The third-order valence-corrected chi connectivity index (χ3v) is 3.23. The van der Waals surface area contributed by atoms with Crippen LogP contribution in [0.5, 0.6) is 0 Å². The molecule has 1 unspecified atom stereocenters. The summed E-state index contributed by atoms with van der Waals surface area (Å²) in [5, 5.41) is 11.6. The molecule has 0 aliphatic carbocycles. The van der Waals surface area contributed by atoms with Crippen LogP contribution in [0.3, 0.4) is 0 Å². The Morgan fingerprint density at radius 3 is 2.50 bits per heavy atom. The second-order valence-electron chi connectivity index (χ2n) is 4.79. The van der Waals surface area contributed by atoms with Gasteiger partial charge in [0.05, 0.1) is 13.0 Å². The highest BCUT2D eigenvalue weighted by molar-refractivity contribution is 5.92. The van der Waals surface area contributed by atoms with E-state index in [1.807, 2.05) is 49.1 Å². The molecule has 0 heterocycles. The summed E-state index contributed by atoms with van der Waals surface area (Å²) in [6, 6.07) is 9.41. The van der Waals surface area contributed by atoms with Crippen LogP contribution in [-0.2, 0) is 9.59 Å². The number of rotatable bonds is 8. The number of hydrogen-bond donors (Lipinski definition) is 2. The van der Waals surface area contributed by atoms with Gasteiger partial charge in [-0.25, -0.2) is 0 Å². The Morgan fingerprint density at radius 1 is 1.30 bits per heavy atom. The Labute approximate surface area is 119 Å². The highest BCUT2D eigenvalue weighted by Crippen LogP contribution is 2.08. The molecule has 1 aromatic carbocycles. The van der Waals surface area contributed by atoms with Crippen molar-refractivity contribution in [3.05, 3.63) is 30.3 Å². The van der Waals surface area contributed by atoms with Gasteiger partial charge in [-0.1, -0.05) is 25.1 Å². The van der Waals surface area contributed by atoms with Gasteiger partial charge in [-0.05, 0) is 25.5 Å². The number of carboxylic acid groups (broad SMARTS) is 1. The molecule has 1 aromatic rings. The second-order valence-corrected chi connectivity index (χ2v) is 4.79. The zero-order valence-corrected chi connectivity index (χ0v) is 12.0. The number of nitrogens with zero attached hydrogens (tertiary/aromatic N) is 1. The molecule has 110 valence electrons. The lowest BCUT2D eigenvalue weighted by Crippen LogP contribution is -2.40. The minimum atomic E-state index is -0.846. The maximum absolute atomic E-state index is 12.0. The third-order valence-electron chi connectivity index (χ3n) is 3.23. The molecule has 0 radical (unpaired) electrons. The van der Waals surface area contributed by atoms with Gasteiger partial charge in [0.2, 0.25) is 5.91 Å². The van der Waals surface area contributed by atoms with Gasteiger partial charge < -0.3 is 10.4 Å². The zero-order chi connectivity index (χ0) is 15.0. The summed E-state index contributed by atoms with van der Waals surface area (Å²) in [6.45, 7) is 4.61. The van der Waals surface area contributed by atoms with Crippen LogP contribution in [0, 0.1) is 0 Å². The number of carbonyl (C=O) groups excluding carboxylic acids is 1. The number of hydrogen-bond acceptors (Lipinski definition) is 3. The van der Waals surface area contributed by atoms with Crippen LogP contribution in [-0.4, -0.2) is 41.0 Å². The molecule has 0 aliphatic rings. The molecule has 20 heavy (non-hydrogen) atoms. The first kappa shape index (κ1) is 16.2. The predicted molar refractivity (Wildman–Crippen MR) is 78.7 cm³/mol. The number of anilines is 1. The van der Waals surface area contributed by atoms with E-state index in [2.05, 4.69) is 5.32 Å². The minimum Gasteiger partial charge on any atom is -0.481 e. The van der Waals surface area contributed by atoms with E-state index in [1.54, 1.807) is 0 Å². The smallest absolute Gasteiger partial charge is 0.304 e. The van der Waals surface area contributed by atoms with Gasteiger partial charge in [0.25, 0.3) is 0 Å². The topological polar surface area (TPSA) is 69.6 Å². The first-order chi connectivity index (χ1) is 9.52. The van der Waals surface area contributed by atoms with E-state index in [4.69, 9.17) is 5.11 Å². The SMILES string of the molecule is CCC(C)N(CCC(=O)O)CC(=O)Nc1ccccc1. The van der Waals surface area contributed by atoms with Gasteiger partial charge in [-0.15, -0.1) is 0 Å². The lowest BCUT2D eigenvalue weighted by Gasteiger charge is -2.27. The molecule has 1 atom stereocenters. The number of carboxylic acids is 1. The van der Waals surface area contributed by atoms with Crippen LogP contribution in [0.1, 0.15) is 26.7 Å². The summed E-state index contributed by atoms with van der Waals surface area (Å²) in [5.74, 6) is -0.969. The lowest BCUT2D eigenvalue weighted by molar-refractivity contribution is -0.137. The Balaban J connectivity index is 2.55. The van der Waals surface area contributed by atoms with Gasteiger partial charge in [0.1, 0.15) is 0 Å². The van der Waals surface area contributed by atoms with E-state index in [1.165, 1.54) is 0 Å². The van der Waals surface area contributed by atoms with Crippen molar-refractivity contribution in [1.29, 1.82) is 0 Å². The summed E-state index contributed by atoms with van der Waals surface area (Å²) in [5.41, 5.74) is 0.750. The Hall–Kier alpha value is -1.88. The van der Waals surface area contributed by atoms with Crippen LogP contribution in [0.15, 0.2) is 30.3 Å². The molecule has 5 nitrogen and oxygen atoms in total. The molecule has 0 aliphatic heterocycles. The number of amides is 1. The predicted octanol–water partition coefficient (Wildman–Crippen LogP) is 2.20. The summed E-state index contributed by atoms with van der Waals surface area (Å²) < 4.78 is 0. The molecular weight excluding hydrogens is 256 g/mol. The molecule has 2 N–H and O–H groups in total. The van der Waals surface area contributed by atoms with E-state index in [9.17, 15) is 9.59 Å². The van der Waals surface area contributed by atoms with Crippen molar-refractivity contribution in [3.8, 4) is 0 Å². The first-order valence-electron chi connectivity index (χ1n) is 6.83. The average Bonchev–Trinajstić information content (AvgIpc) is 2.43. The Bertz CT molecular complexity index is 434. The molecule has 0 aromatic heterocycles. The van der Waals surface area contributed by atoms with Crippen molar-refractivity contribution in [2.45, 2.75) is 32.7 Å². The third kappa shape index (κ3) is 5.84.